The Kier molecular flexibility index (Phi) is 5.34. The van der Waals surface area contributed by atoms with Crippen molar-refractivity contribution in [2.24, 2.45) is 0 Å². The maximum Gasteiger partial charge on any atom is 0.165 e. The summed E-state index contributed by atoms with van der Waals surface area (Å²) in [6, 6.07) is 8.90. The van der Waals surface area contributed by atoms with Crippen LogP contribution in [0.1, 0.15) is 5.56 Å². The summed E-state index contributed by atoms with van der Waals surface area (Å²) in [4.78, 5) is 13.4. The lowest BCUT2D eigenvalue weighted by molar-refractivity contribution is 0.188. The van der Waals surface area contributed by atoms with Gasteiger partial charge < -0.3 is 19.9 Å². The topological polar surface area (TPSA) is 82.2 Å². The number of fused-ring (bicyclic) bond motifs is 4. The van der Waals surface area contributed by atoms with Crippen molar-refractivity contribution < 1.29 is 13.5 Å². The number of H-pyrrole nitrogens is 1. The Balaban J connectivity index is 1.38. The van der Waals surface area contributed by atoms with E-state index in [1.807, 2.05) is 18.2 Å². The molecule has 0 bridgehead atoms. The molecule has 35 heavy (non-hydrogen) atoms. The number of piperazine rings is 1. The molecule has 0 aliphatic carbocycles. The molecule has 1 unspecified atom stereocenters. The van der Waals surface area contributed by atoms with Crippen LogP contribution in [0.4, 0.5) is 14.5 Å². The zero-order valence-corrected chi connectivity index (χ0v) is 19.5. The quantitative estimate of drug-likeness (QED) is 0.467. The van der Waals surface area contributed by atoms with Gasteiger partial charge in [0.05, 0.1) is 23.5 Å². The zero-order chi connectivity index (χ0) is 24.1. The second kappa shape index (κ2) is 8.54. The number of ether oxygens (including phenoxy) is 1. The molecule has 6 rings (SSSR count). The summed E-state index contributed by atoms with van der Waals surface area (Å²) in [5.74, 6) is -0.640. The van der Waals surface area contributed by atoms with Gasteiger partial charge in [-0.05, 0) is 43.9 Å². The van der Waals surface area contributed by atoms with Crippen LogP contribution in [-0.2, 0) is 6.54 Å². The lowest BCUT2D eigenvalue weighted by atomic mass is 10.0. The van der Waals surface area contributed by atoms with Gasteiger partial charge in [-0.25, -0.2) is 18.7 Å². The number of hydrogen-bond acceptors (Lipinski definition) is 7. The Morgan fingerprint density at radius 3 is 2.80 bits per heavy atom. The summed E-state index contributed by atoms with van der Waals surface area (Å²) >= 11 is 0. The molecule has 8 nitrogen and oxygen atoms in total. The van der Waals surface area contributed by atoms with Gasteiger partial charge in [0, 0.05) is 31.7 Å². The van der Waals surface area contributed by atoms with E-state index < -0.39 is 11.6 Å². The highest BCUT2D eigenvalue weighted by Gasteiger charge is 2.32. The minimum Gasteiger partial charge on any atom is -0.489 e. The van der Waals surface area contributed by atoms with E-state index in [1.165, 1.54) is 18.3 Å². The molecule has 1 saturated heterocycles. The minimum atomic E-state index is -0.705. The highest BCUT2D eigenvalue weighted by atomic mass is 19.1. The van der Waals surface area contributed by atoms with Gasteiger partial charge in [0.15, 0.2) is 5.82 Å². The third-order valence-electron chi connectivity index (χ3n) is 6.67. The Hall–Kier alpha value is -3.63. The largest absolute Gasteiger partial charge is 0.489 e. The number of nitrogens with zero attached hydrogens (tertiary/aromatic N) is 5. The number of aromatic nitrogens is 4. The molecule has 4 aromatic rings. The van der Waals surface area contributed by atoms with Crippen molar-refractivity contribution in [2.75, 3.05) is 45.2 Å². The first kappa shape index (κ1) is 21.9. The summed E-state index contributed by atoms with van der Waals surface area (Å²) in [6.45, 7) is 3.90. The predicted molar refractivity (Wildman–Crippen MR) is 129 cm³/mol. The number of hydrogen-bond donors (Lipinski definition) is 2. The fourth-order valence-electron chi connectivity index (χ4n) is 4.95. The van der Waals surface area contributed by atoms with Crippen LogP contribution in [0.2, 0.25) is 0 Å². The molecule has 1 atom stereocenters. The maximum absolute atomic E-state index is 14.8. The molecule has 2 N–H and O–H groups in total. The Bertz CT molecular complexity index is 1400. The van der Waals surface area contributed by atoms with Crippen molar-refractivity contribution in [3.05, 3.63) is 53.7 Å². The van der Waals surface area contributed by atoms with E-state index in [9.17, 15) is 8.78 Å². The number of anilines is 1. The molecule has 0 spiro atoms. The predicted octanol–water partition coefficient (Wildman–Crippen LogP) is 3.20. The molecule has 1 fully saturated rings. The van der Waals surface area contributed by atoms with Gasteiger partial charge in [-0.2, -0.15) is 5.10 Å². The highest BCUT2D eigenvalue weighted by Crippen LogP contribution is 2.39. The summed E-state index contributed by atoms with van der Waals surface area (Å²) in [5.41, 5.74) is 3.76. The SMILES string of the molecule is CNCc1cc(F)c(-c2ncc3[nH]nc(-c4ccc5c(c4)OCC4CN(C)CCN54)c3n2)c(F)c1. The fraction of sp³-hybridized carbons (Fsp3) is 0.320. The second-order valence-corrected chi connectivity index (χ2v) is 9.10. The van der Waals surface area contributed by atoms with E-state index in [0.717, 1.165) is 36.6 Å². The van der Waals surface area contributed by atoms with Crippen molar-refractivity contribution in [3.8, 4) is 28.4 Å². The minimum absolute atomic E-state index is 0.0272. The van der Waals surface area contributed by atoms with Crippen molar-refractivity contribution >= 4 is 16.7 Å². The van der Waals surface area contributed by atoms with E-state index in [1.54, 1.807) is 7.05 Å². The fourth-order valence-corrected chi connectivity index (χ4v) is 4.95. The van der Waals surface area contributed by atoms with Gasteiger partial charge >= 0.3 is 0 Å². The number of nitrogens with one attached hydrogen (secondary N) is 2. The van der Waals surface area contributed by atoms with E-state index in [-0.39, 0.29) is 11.4 Å². The lowest BCUT2D eigenvalue weighted by Crippen LogP contribution is -2.56. The molecule has 4 heterocycles. The van der Waals surface area contributed by atoms with Crippen LogP contribution in [0, 0.1) is 11.6 Å². The summed E-state index contributed by atoms with van der Waals surface area (Å²) in [6.07, 6.45) is 1.50. The van der Waals surface area contributed by atoms with Crippen molar-refractivity contribution in [3.63, 3.8) is 0 Å². The Morgan fingerprint density at radius 2 is 2.00 bits per heavy atom. The van der Waals surface area contributed by atoms with Gasteiger partial charge in [0.25, 0.3) is 0 Å². The van der Waals surface area contributed by atoms with Crippen LogP contribution in [0.5, 0.6) is 5.75 Å². The molecule has 2 aromatic heterocycles. The number of rotatable bonds is 4. The molecule has 2 aliphatic rings. The average molecular weight is 478 g/mol. The number of benzene rings is 2. The molecule has 0 amide bonds. The lowest BCUT2D eigenvalue weighted by Gasteiger charge is -2.44. The number of aromatic amines is 1. The van der Waals surface area contributed by atoms with Crippen molar-refractivity contribution in [2.45, 2.75) is 12.6 Å². The number of likely N-dealkylation sites (N-methyl/N-ethyl adjacent to an activating group) is 1. The average Bonchev–Trinajstić information content (AvgIpc) is 3.26. The van der Waals surface area contributed by atoms with Gasteiger partial charge in [-0.1, -0.05) is 6.07 Å². The van der Waals surface area contributed by atoms with Crippen molar-refractivity contribution in [1.29, 1.82) is 0 Å². The molecule has 0 saturated carbocycles. The van der Waals surface area contributed by atoms with Gasteiger partial charge in [0.1, 0.15) is 40.7 Å². The third kappa shape index (κ3) is 3.78. The standard InChI is InChI=1S/C25H25F2N7O/c1-28-10-14-7-17(26)22(18(27)8-14)25-29-11-19-24(30-25)23(32-31-19)15-3-4-20-21(9-15)35-13-16-12-33(2)5-6-34(16)20/h3-4,7-9,11,16,28H,5-6,10,12-13H2,1-2H3,(H,31,32). The summed E-state index contributed by atoms with van der Waals surface area (Å²) in [7, 11) is 3.85. The molecule has 180 valence electrons. The van der Waals surface area contributed by atoms with Crippen LogP contribution in [0.15, 0.2) is 36.5 Å². The molecule has 10 heteroatoms. The molecular weight excluding hydrogens is 452 g/mol. The van der Waals surface area contributed by atoms with Crippen LogP contribution in [-0.4, -0.2) is 71.4 Å². The van der Waals surface area contributed by atoms with Gasteiger partial charge in [-0.3, -0.25) is 5.10 Å². The van der Waals surface area contributed by atoms with E-state index >= 15 is 0 Å². The summed E-state index contributed by atoms with van der Waals surface area (Å²) in [5, 5.41) is 10.2. The van der Waals surface area contributed by atoms with E-state index in [0.29, 0.717) is 41.5 Å². The van der Waals surface area contributed by atoms with Crippen LogP contribution < -0.4 is 15.0 Å². The molecular formula is C25H25F2N7O. The first-order valence-electron chi connectivity index (χ1n) is 11.6. The normalized spacial score (nSPS) is 17.8. The van der Waals surface area contributed by atoms with Crippen LogP contribution >= 0.6 is 0 Å². The van der Waals surface area contributed by atoms with Crippen molar-refractivity contribution in [1.82, 2.24) is 30.4 Å². The first-order valence-corrected chi connectivity index (χ1v) is 11.6. The summed E-state index contributed by atoms with van der Waals surface area (Å²) < 4.78 is 35.7. The third-order valence-corrected chi connectivity index (χ3v) is 6.67. The van der Waals surface area contributed by atoms with Gasteiger partial charge in [-0.15, -0.1) is 0 Å². The zero-order valence-electron chi connectivity index (χ0n) is 19.5. The van der Waals surface area contributed by atoms with Gasteiger partial charge in [0.2, 0.25) is 0 Å². The van der Waals surface area contributed by atoms with E-state index in [2.05, 4.69) is 42.3 Å². The Labute approximate surface area is 200 Å². The second-order valence-electron chi connectivity index (χ2n) is 9.10. The monoisotopic (exact) mass is 477 g/mol. The highest BCUT2D eigenvalue weighted by molar-refractivity contribution is 5.91. The molecule has 0 radical (unpaired) electrons. The van der Waals surface area contributed by atoms with Crippen LogP contribution in [0.3, 0.4) is 0 Å². The molecule has 2 aromatic carbocycles. The Morgan fingerprint density at radius 1 is 1.17 bits per heavy atom. The maximum atomic E-state index is 14.8. The smallest absolute Gasteiger partial charge is 0.165 e. The van der Waals surface area contributed by atoms with Crippen LogP contribution in [0.25, 0.3) is 33.7 Å². The number of halogens is 2. The molecule has 2 aliphatic heterocycles. The van der Waals surface area contributed by atoms with E-state index in [4.69, 9.17) is 4.74 Å². The first-order chi connectivity index (χ1) is 17.0.